The van der Waals surface area contributed by atoms with Gasteiger partial charge < -0.3 is 90.4 Å². The van der Waals surface area contributed by atoms with Crippen LogP contribution < -0.4 is 47.3 Å². The molecule has 0 bridgehead atoms. The zero-order chi connectivity index (χ0) is 27.0. The van der Waals surface area contributed by atoms with Gasteiger partial charge in [0.25, 0.3) is 0 Å². The molecule has 0 spiro atoms. The van der Waals surface area contributed by atoms with Crippen molar-refractivity contribution in [3.63, 3.8) is 0 Å². The molecule has 0 heterocycles. The van der Waals surface area contributed by atoms with E-state index in [0.717, 1.165) is 0 Å². The molecule has 0 amide bonds. The Balaban J connectivity index is -0.0000000356. The Morgan fingerprint density at radius 2 is 0.312 bits per heavy atom. The van der Waals surface area contributed by atoms with E-state index in [1.54, 1.807) is 0 Å². The molecule has 0 aromatic carbocycles. The molecule has 0 saturated heterocycles. The molecule has 0 radical (unpaired) electrons. The van der Waals surface area contributed by atoms with Crippen LogP contribution in [0.15, 0.2) is 0 Å². The molecular formula is H16F6Li2O18Si6. The molecule has 0 unspecified atom stereocenters. The zero-order valence-electron chi connectivity index (χ0n) is 15.2. The molecule has 32 heavy (non-hydrogen) atoms. The smallest absolute Gasteiger partial charge is 0.825 e. The number of halogens is 6. The molecule has 32 heteroatoms. The first-order valence-electron chi connectivity index (χ1n) is 5.12. The maximum absolute atomic E-state index is 10.5. The van der Waals surface area contributed by atoms with Crippen LogP contribution in [0.3, 0.4) is 0 Å². The first-order chi connectivity index (χ1) is 12.0. The van der Waals surface area contributed by atoms with E-state index < -0.39 is 54.8 Å². The summed E-state index contributed by atoms with van der Waals surface area (Å²) >= 11 is 0. The van der Waals surface area contributed by atoms with Crippen molar-refractivity contribution in [3.05, 3.63) is 0 Å². The van der Waals surface area contributed by atoms with Crippen LogP contribution in [0.5, 0.6) is 0 Å². The maximum atomic E-state index is 10.5. The van der Waals surface area contributed by atoms with Crippen molar-refractivity contribution in [1.82, 2.24) is 0 Å². The second-order valence-electron chi connectivity index (χ2n) is 3.27. The van der Waals surface area contributed by atoms with Crippen molar-refractivity contribution < 1.29 is 149 Å². The minimum atomic E-state index is -5.61. The monoisotopic (exact) mass is 600 g/mol. The minimum Gasteiger partial charge on any atom is -0.825 e. The third-order valence-corrected chi connectivity index (χ3v) is 0. The molecule has 0 aromatic heterocycles. The van der Waals surface area contributed by atoms with Gasteiger partial charge in [-0.15, -0.1) is 0 Å². The van der Waals surface area contributed by atoms with Crippen LogP contribution in [0.4, 0.5) is 24.6 Å². The summed E-state index contributed by atoms with van der Waals surface area (Å²) in [6.45, 7) is 0. The molecule has 0 aliphatic carbocycles. The zero-order valence-corrected chi connectivity index (χ0v) is 21.2. The second-order valence-corrected chi connectivity index (χ2v) is 9.82. The van der Waals surface area contributed by atoms with Gasteiger partial charge in [0, 0.05) is 0 Å². The van der Waals surface area contributed by atoms with Crippen LogP contribution >= 0.6 is 0 Å². The summed E-state index contributed by atoms with van der Waals surface area (Å²) in [5.41, 5.74) is 0. The average molecular weight is 600 g/mol. The van der Waals surface area contributed by atoms with Crippen LogP contribution in [0.2, 0.25) is 0 Å². The summed E-state index contributed by atoms with van der Waals surface area (Å²) in [5, 5.41) is 0. The predicted molar refractivity (Wildman–Crippen MR) is 76.7 cm³/mol. The van der Waals surface area contributed by atoms with Crippen LogP contribution in [-0.4, -0.2) is 132 Å². The van der Waals surface area contributed by atoms with Gasteiger partial charge in [0.2, 0.25) is 9.14 Å². The van der Waals surface area contributed by atoms with Gasteiger partial charge in [-0.3, -0.25) is 0 Å². The first kappa shape index (κ1) is 54.3. The van der Waals surface area contributed by atoms with Crippen molar-refractivity contribution in [1.29, 1.82) is 0 Å². The minimum absolute atomic E-state index is 0. The first-order valence-corrected chi connectivity index (χ1v) is 15.4. The van der Waals surface area contributed by atoms with E-state index in [-0.39, 0.29) is 37.7 Å². The van der Waals surface area contributed by atoms with Crippen LogP contribution in [0.25, 0.3) is 0 Å². The number of hydrogen-bond acceptors (Lipinski definition) is 18. The topological polar surface area (TPSA) is 370 Å². The van der Waals surface area contributed by atoms with Gasteiger partial charge in [0.05, 0.1) is 0 Å². The molecule has 0 aliphatic rings. The fraction of sp³-hybridized carbons (Fsp3) is 0. The molecule has 0 fully saturated rings. The van der Waals surface area contributed by atoms with Crippen LogP contribution in [-0.2, 0) is 0 Å². The van der Waals surface area contributed by atoms with Gasteiger partial charge in [-0.1, -0.05) is 0 Å². The van der Waals surface area contributed by atoms with Gasteiger partial charge in [-0.2, -0.15) is 0 Å². The molecule has 0 atom stereocenters. The fourth-order valence-corrected chi connectivity index (χ4v) is 0. The van der Waals surface area contributed by atoms with Crippen LogP contribution in [0, 0.1) is 0 Å². The van der Waals surface area contributed by atoms with E-state index in [1.165, 1.54) is 0 Å². The number of rotatable bonds is 0. The summed E-state index contributed by atoms with van der Waals surface area (Å²) in [6.07, 6.45) is 0. The summed E-state index contributed by atoms with van der Waals surface area (Å²) in [6, 6.07) is 0. The quantitative estimate of drug-likeness (QED) is 0.0696. The standard InChI is InChI=1S/5FH3O3Si.FHO3Si.2Li/c6*1-5(2,3)4;;/h5*2-4H;2H;;/q;;;;;-2;2*+1. The predicted octanol–water partition coefficient (Wildman–Crippen LogP) is -17.0. The molecule has 0 saturated carbocycles. The molecule has 0 aromatic rings. The second kappa shape index (κ2) is 22.8. The average Bonchev–Trinajstić information content (AvgIpc) is 1.94. The Kier molecular flexibility index (Phi) is 38.7. The summed E-state index contributed by atoms with van der Waals surface area (Å²) in [5.74, 6) is 0. The molecule has 18 nitrogen and oxygen atoms in total. The largest absolute Gasteiger partial charge is 1.00 e. The van der Waals surface area contributed by atoms with E-state index in [4.69, 9.17) is 86.3 Å². The van der Waals surface area contributed by atoms with Crippen molar-refractivity contribution in [2.45, 2.75) is 0 Å². The third kappa shape index (κ3) is 15700. The molecule has 16 N–H and O–H groups in total. The van der Waals surface area contributed by atoms with E-state index in [0.29, 0.717) is 0 Å². The fourth-order valence-electron chi connectivity index (χ4n) is 0. The van der Waals surface area contributed by atoms with Gasteiger partial charge in [-0.25, -0.2) is 20.5 Å². The summed E-state index contributed by atoms with van der Waals surface area (Å²) < 4.78 is 62.7. The van der Waals surface area contributed by atoms with Crippen molar-refractivity contribution in [3.8, 4) is 0 Å². The maximum Gasteiger partial charge on any atom is 1.00 e. The van der Waals surface area contributed by atoms with Crippen molar-refractivity contribution in [2.75, 3.05) is 0 Å². The van der Waals surface area contributed by atoms with Crippen LogP contribution in [0.1, 0.15) is 0 Å². The van der Waals surface area contributed by atoms with Gasteiger partial charge in [-0.05, 0) is 0 Å². The Labute approximate surface area is 203 Å². The summed E-state index contributed by atoms with van der Waals surface area (Å²) in [7, 11) is -31.2. The van der Waals surface area contributed by atoms with Crippen molar-refractivity contribution in [2.24, 2.45) is 0 Å². The summed E-state index contributed by atoms with van der Waals surface area (Å²) in [4.78, 5) is 131. The van der Waals surface area contributed by atoms with Gasteiger partial charge in [0.1, 0.15) is 0 Å². The SMILES string of the molecule is O[Si](O)(O)F.O[Si](O)(O)F.O[Si](O)(O)F.O[Si](O)(O)F.O[Si](O)(O)F.[Li+].[Li+].[O-][Si]([O-])(O)F. The Bertz CT molecular complexity index is 238. The third-order valence-electron chi connectivity index (χ3n) is 0. The molecule has 0 rings (SSSR count). The number of hydrogen-bond donors (Lipinski definition) is 16. The van der Waals surface area contributed by atoms with E-state index >= 15 is 0 Å². The molecule has 0 aliphatic heterocycles. The normalized spacial score (nSPS) is 11.2. The van der Waals surface area contributed by atoms with E-state index in [9.17, 15) is 24.6 Å². The Morgan fingerprint density at radius 3 is 0.312 bits per heavy atom. The molecular weight excluding hydrogens is 584 g/mol. The van der Waals surface area contributed by atoms with E-state index in [2.05, 4.69) is 0 Å². The Hall–Kier alpha value is 1.36. The Morgan fingerprint density at radius 1 is 0.312 bits per heavy atom. The van der Waals surface area contributed by atoms with E-state index in [1.807, 2.05) is 0 Å². The van der Waals surface area contributed by atoms with Gasteiger partial charge in [0.15, 0.2) is 0 Å². The van der Waals surface area contributed by atoms with Crippen molar-refractivity contribution >= 4 is 54.8 Å². The van der Waals surface area contributed by atoms with Gasteiger partial charge >= 0.3 is 83.4 Å². The molecule has 192 valence electrons.